The topological polar surface area (TPSA) is 38.3 Å². The van der Waals surface area contributed by atoms with Gasteiger partial charge in [0, 0.05) is 10.9 Å². The lowest BCUT2D eigenvalue weighted by atomic mass is 10.1. The number of hydrogen-bond donors (Lipinski definition) is 1. The molecule has 15 heavy (non-hydrogen) atoms. The molecule has 0 heterocycles. The normalized spacial score (nSPS) is 10.0. The predicted molar refractivity (Wildman–Crippen MR) is 62.2 cm³/mol. The van der Waals surface area contributed by atoms with Gasteiger partial charge in [-0.05, 0) is 30.5 Å². The lowest BCUT2D eigenvalue weighted by molar-refractivity contribution is -0.131. The average molecular weight is 272 g/mol. The van der Waals surface area contributed by atoms with Crippen molar-refractivity contribution in [2.45, 2.75) is 19.3 Å². The average Bonchev–Trinajstić information content (AvgIpc) is 2.21. The minimum absolute atomic E-state index is 0.0744. The maximum atomic E-state index is 11.0. The molecule has 0 spiro atoms. The molecule has 1 aromatic carbocycles. The maximum absolute atomic E-state index is 11.0. The van der Waals surface area contributed by atoms with Gasteiger partial charge >= 0.3 is 0 Å². The molecule has 1 aromatic rings. The van der Waals surface area contributed by atoms with Gasteiger partial charge in [0.1, 0.15) is 0 Å². The fraction of sp³-hybridized carbons (Fsp3) is 0.364. The summed E-state index contributed by atoms with van der Waals surface area (Å²) in [6, 6.07) is 8.12. The van der Waals surface area contributed by atoms with Crippen LogP contribution in [0, 0.1) is 0 Å². The van der Waals surface area contributed by atoms with Gasteiger partial charge in [0.15, 0.2) is 0 Å². The van der Waals surface area contributed by atoms with Crippen LogP contribution in [-0.2, 0) is 16.1 Å². The summed E-state index contributed by atoms with van der Waals surface area (Å²) in [5, 5.41) is 0. The summed E-state index contributed by atoms with van der Waals surface area (Å²) in [4.78, 5) is 15.6. The molecule has 0 atom stereocenters. The zero-order chi connectivity index (χ0) is 11.1. The van der Waals surface area contributed by atoms with Gasteiger partial charge in [-0.1, -0.05) is 28.1 Å². The summed E-state index contributed by atoms with van der Waals surface area (Å²) >= 11 is 3.38. The van der Waals surface area contributed by atoms with Crippen LogP contribution in [0.5, 0.6) is 0 Å². The molecule has 82 valence electrons. The third kappa shape index (κ3) is 4.95. The van der Waals surface area contributed by atoms with E-state index in [1.54, 1.807) is 0 Å². The Kier molecular flexibility index (Phi) is 5.36. The summed E-state index contributed by atoms with van der Waals surface area (Å²) in [6.45, 7) is 0. The van der Waals surface area contributed by atoms with Crippen molar-refractivity contribution in [2.24, 2.45) is 0 Å². The van der Waals surface area contributed by atoms with Crippen LogP contribution in [0.3, 0.4) is 0 Å². The summed E-state index contributed by atoms with van der Waals surface area (Å²) in [6.07, 6.45) is 2.23. The van der Waals surface area contributed by atoms with Crippen LogP contribution >= 0.6 is 15.9 Å². The Bertz CT molecular complexity index is 311. The Morgan fingerprint density at radius 2 is 2.07 bits per heavy atom. The Labute approximate surface area is 97.9 Å². The summed E-state index contributed by atoms with van der Waals surface area (Å²) in [5.74, 6) is -0.0744. The minimum Gasteiger partial charge on any atom is -0.277 e. The smallest absolute Gasteiger partial charge is 0.243 e. The van der Waals surface area contributed by atoms with Crippen molar-refractivity contribution >= 4 is 21.8 Å². The molecule has 0 saturated carbocycles. The van der Waals surface area contributed by atoms with E-state index in [2.05, 4.69) is 38.4 Å². The maximum Gasteiger partial charge on any atom is 0.243 e. The van der Waals surface area contributed by atoms with Crippen molar-refractivity contribution in [1.82, 2.24) is 5.48 Å². The molecule has 4 heteroatoms. The van der Waals surface area contributed by atoms with Crippen LogP contribution in [0.15, 0.2) is 28.7 Å². The van der Waals surface area contributed by atoms with Crippen molar-refractivity contribution < 1.29 is 9.63 Å². The highest BCUT2D eigenvalue weighted by Crippen LogP contribution is 2.12. The highest BCUT2D eigenvalue weighted by atomic mass is 79.9. The number of hydrogen-bond acceptors (Lipinski definition) is 2. The Morgan fingerprint density at radius 3 is 2.67 bits per heavy atom. The Hall–Kier alpha value is -0.870. The number of hydroxylamine groups is 1. The molecule has 0 aliphatic rings. The molecule has 0 aliphatic carbocycles. The highest BCUT2D eigenvalue weighted by molar-refractivity contribution is 9.10. The van der Waals surface area contributed by atoms with Crippen LogP contribution in [0.25, 0.3) is 0 Å². The zero-order valence-electron chi connectivity index (χ0n) is 8.63. The molecule has 0 fully saturated rings. The number of carbonyl (C=O) groups excluding carboxylic acids is 1. The second-order valence-electron chi connectivity index (χ2n) is 3.21. The molecular weight excluding hydrogens is 258 g/mol. The van der Waals surface area contributed by atoms with Gasteiger partial charge < -0.3 is 0 Å². The molecule has 0 aromatic heterocycles. The van der Waals surface area contributed by atoms with Crippen molar-refractivity contribution in [3.05, 3.63) is 34.3 Å². The third-order valence-corrected chi connectivity index (χ3v) is 2.53. The van der Waals surface area contributed by atoms with Crippen LogP contribution in [0.2, 0.25) is 0 Å². The Balaban J connectivity index is 2.26. The van der Waals surface area contributed by atoms with E-state index in [1.807, 2.05) is 12.1 Å². The van der Waals surface area contributed by atoms with E-state index in [9.17, 15) is 4.79 Å². The largest absolute Gasteiger partial charge is 0.277 e. The van der Waals surface area contributed by atoms with E-state index in [1.165, 1.54) is 12.7 Å². The van der Waals surface area contributed by atoms with Crippen LogP contribution < -0.4 is 5.48 Å². The number of aryl methyl sites for hydroxylation is 1. The van der Waals surface area contributed by atoms with E-state index in [0.717, 1.165) is 17.3 Å². The quantitative estimate of drug-likeness (QED) is 0.836. The molecule has 0 bridgehead atoms. The lowest BCUT2D eigenvalue weighted by Gasteiger charge is -2.02. The summed E-state index contributed by atoms with van der Waals surface area (Å²) < 4.78 is 1.07. The lowest BCUT2D eigenvalue weighted by Crippen LogP contribution is -2.21. The first-order valence-corrected chi connectivity index (χ1v) is 5.58. The number of nitrogens with one attached hydrogen (secondary N) is 1. The fourth-order valence-electron chi connectivity index (χ4n) is 1.27. The molecule has 0 aliphatic heterocycles. The van der Waals surface area contributed by atoms with Crippen molar-refractivity contribution in [3.8, 4) is 0 Å². The monoisotopic (exact) mass is 271 g/mol. The van der Waals surface area contributed by atoms with Gasteiger partial charge in [0.25, 0.3) is 0 Å². The molecule has 0 saturated heterocycles. The molecule has 3 nitrogen and oxygen atoms in total. The second kappa shape index (κ2) is 6.58. The van der Waals surface area contributed by atoms with E-state index in [0.29, 0.717) is 6.42 Å². The molecule has 0 unspecified atom stereocenters. The fourth-order valence-corrected chi connectivity index (χ4v) is 1.53. The number of benzene rings is 1. The second-order valence-corrected chi connectivity index (χ2v) is 4.13. The van der Waals surface area contributed by atoms with Crippen molar-refractivity contribution in [1.29, 1.82) is 0 Å². The van der Waals surface area contributed by atoms with E-state index in [-0.39, 0.29) is 5.91 Å². The van der Waals surface area contributed by atoms with Gasteiger partial charge in [0.05, 0.1) is 7.11 Å². The third-order valence-electron chi connectivity index (χ3n) is 2.00. The van der Waals surface area contributed by atoms with E-state index >= 15 is 0 Å². The minimum atomic E-state index is -0.0744. The number of carbonyl (C=O) groups is 1. The number of rotatable bonds is 5. The van der Waals surface area contributed by atoms with Crippen molar-refractivity contribution in [3.63, 3.8) is 0 Å². The van der Waals surface area contributed by atoms with Gasteiger partial charge in [-0.2, -0.15) is 0 Å². The van der Waals surface area contributed by atoms with Crippen LogP contribution in [0.1, 0.15) is 18.4 Å². The van der Waals surface area contributed by atoms with Gasteiger partial charge in [0.2, 0.25) is 5.91 Å². The predicted octanol–water partition coefficient (Wildman–Crippen LogP) is 2.45. The number of halogens is 1. The highest BCUT2D eigenvalue weighted by Gasteiger charge is 2.00. The zero-order valence-corrected chi connectivity index (χ0v) is 10.2. The molecule has 1 N–H and O–H groups in total. The van der Waals surface area contributed by atoms with Crippen LogP contribution in [-0.4, -0.2) is 13.0 Å². The molecule has 1 rings (SSSR count). The SMILES string of the molecule is CONC(=O)CCCc1ccc(Br)cc1. The Morgan fingerprint density at radius 1 is 1.40 bits per heavy atom. The van der Waals surface area contributed by atoms with Gasteiger partial charge in [-0.3, -0.25) is 9.63 Å². The summed E-state index contributed by atoms with van der Waals surface area (Å²) in [7, 11) is 1.44. The molecule has 0 radical (unpaired) electrons. The van der Waals surface area contributed by atoms with E-state index < -0.39 is 0 Å². The summed E-state index contributed by atoms with van der Waals surface area (Å²) in [5.41, 5.74) is 3.53. The first kappa shape index (κ1) is 12.2. The molecule has 1 amide bonds. The van der Waals surface area contributed by atoms with E-state index in [4.69, 9.17) is 0 Å². The molecular formula is C11H14BrNO2. The van der Waals surface area contributed by atoms with Crippen molar-refractivity contribution in [2.75, 3.05) is 7.11 Å². The van der Waals surface area contributed by atoms with Crippen LogP contribution in [0.4, 0.5) is 0 Å². The standard InChI is InChI=1S/C11H14BrNO2/c1-15-13-11(14)4-2-3-9-5-7-10(12)8-6-9/h5-8H,2-4H2,1H3,(H,13,14). The van der Waals surface area contributed by atoms with Gasteiger partial charge in [-0.15, -0.1) is 0 Å². The first-order chi connectivity index (χ1) is 7.22. The first-order valence-electron chi connectivity index (χ1n) is 4.78. The van der Waals surface area contributed by atoms with Gasteiger partial charge in [-0.25, -0.2) is 5.48 Å². The number of amides is 1.